The number of thiazole rings is 1. The van der Waals surface area contributed by atoms with Gasteiger partial charge in [0, 0.05) is 24.0 Å². The molecule has 7 heteroatoms. The number of aromatic hydroxyl groups is 1. The Balaban J connectivity index is 2.44. The van der Waals surface area contributed by atoms with E-state index in [4.69, 9.17) is 0 Å². The van der Waals surface area contributed by atoms with Gasteiger partial charge in [0.05, 0.1) is 10.6 Å². The molecule has 0 aliphatic heterocycles. The molecular formula is C13H17N3O3S. The summed E-state index contributed by atoms with van der Waals surface area (Å²) in [6.07, 6.45) is 1.70. The molecule has 0 saturated carbocycles. The molecule has 0 aliphatic carbocycles. The molecule has 0 bridgehead atoms. The number of rotatable bonds is 4. The second-order valence-electron chi connectivity index (χ2n) is 5.03. The van der Waals surface area contributed by atoms with Gasteiger partial charge in [0.2, 0.25) is 5.88 Å². The van der Waals surface area contributed by atoms with Gasteiger partial charge in [-0.15, -0.1) is 11.3 Å². The van der Waals surface area contributed by atoms with Gasteiger partial charge in [-0.2, -0.15) is 0 Å². The number of nitrogens with one attached hydrogen (secondary N) is 1. The summed E-state index contributed by atoms with van der Waals surface area (Å²) in [5.41, 5.74) is -0.892. The Hall–Kier alpha value is -1.89. The SMILES string of the molecule is CC(C)c1c(O)n(CC(C)c2nccs2)c(=O)[nH]c1=O. The highest BCUT2D eigenvalue weighted by Gasteiger charge is 2.19. The van der Waals surface area contributed by atoms with Crippen molar-refractivity contribution in [3.05, 3.63) is 43.0 Å². The highest BCUT2D eigenvalue weighted by atomic mass is 32.1. The molecule has 6 nitrogen and oxygen atoms in total. The first-order valence-corrected chi connectivity index (χ1v) is 7.25. The summed E-state index contributed by atoms with van der Waals surface area (Å²) < 4.78 is 1.20. The predicted molar refractivity (Wildman–Crippen MR) is 77.6 cm³/mol. The van der Waals surface area contributed by atoms with Gasteiger partial charge in [-0.3, -0.25) is 14.3 Å². The fourth-order valence-electron chi connectivity index (χ4n) is 2.09. The number of H-pyrrole nitrogens is 1. The van der Waals surface area contributed by atoms with E-state index >= 15 is 0 Å². The van der Waals surface area contributed by atoms with Crippen LogP contribution in [0.5, 0.6) is 5.88 Å². The smallest absolute Gasteiger partial charge is 0.331 e. The number of hydrogen-bond acceptors (Lipinski definition) is 5. The van der Waals surface area contributed by atoms with Crippen molar-refractivity contribution in [1.82, 2.24) is 14.5 Å². The Morgan fingerprint density at radius 3 is 2.65 bits per heavy atom. The predicted octanol–water partition coefficient (Wildman–Crippen LogP) is 1.63. The van der Waals surface area contributed by atoms with Crippen LogP contribution in [-0.4, -0.2) is 19.6 Å². The van der Waals surface area contributed by atoms with Crippen molar-refractivity contribution in [2.24, 2.45) is 0 Å². The van der Waals surface area contributed by atoms with Gasteiger partial charge < -0.3 is 5.11 Å². The quantitative estimate of drug-likeness (QED) is 0.897. The fraction of sp³-hybridized carbons (Fsp3) is 0.462. The third-order valence-corrected chi connectivity index (χ3v) is 4.12. The Morgan fingerprint density at radius 2 is 2.10 bits per heavy atom. The standard InChI is InChI=1S/C13H17N3O3S/c1-7(2)9-10(17)15-13(19)16(12(9)18)6-8(3)11-14-4-5-20-11/h4-5,7-8,18H,6H2,1-3H3,(H,15,17,19). The zero-order chi connectivity index (χ0) is 14.9. The van der Waals surface area contributed by atoms with Gasteiger partial charge in [-0.05, 0) is 5.92 Å². The summed E-state index contributed by atoms with van der Waals surface area (Å²) in [5, 5.41) is 12.9. The number of aromatic nitrogens is 3. The summed E-state index contributed by atoms with van der Waals surface area (Å²) in [6.45, 7) is 5.78. The van der Waals surface area contributed by atoms with E-state index < -0.39 is 11.2 Å². The number of nitrogens with zero attached hydrogens (tertiary/aromatic N) is 2. The highest BCUT2D eigenvalue weighted by molar-refractivity contribution is 7.09. The fourth-order valence-corrected chi connectivity index (χ4v) is 2.78. The minimum Gasteiger partial charge on any atom is -0.494 e. The molecule has 2 aromatic heterocycles. The molecule has 2 heterocycles. The number of hydrogen-bond donors (Lipinski definition) is 2. The molecule has 0 radical (unpaired) electrons. The van der Waals surface area contributed by atoms with Crippen LogP contribution in [-0.2, 0) is 6.54 Å². The van der Waals surface area contributed by atoms with Crippen LogP contribution in [0.3, 0.4) is 0 Å². The summed E-state index contributed by atoms with van der Waals surface area (Å²) >= 11 is 1.50. The average Bonchev–Trinajstić information content (AvgIpc) is 2.87. The molecule has 2 aromatic rings. The Kier molecular flexibility index (Phi) is 4.08. The minimum atomic E-state index is -0.597. The first-order valence-electron chi connectivity index (χ1n) is 6.37. The van der Waals surface area contributed by atoms with Crippen LogP contribution >= 0.6 is 11.3 Å². The zero-order valence-electron chi connectivity index (χ0n) is 11.6. The van der Waals surface area contributed by atoms with Crippen molar-refractivity contribution in [2.45, 2.75) is 39.2 Å². The van der Waals surface area contributed by atoms with Gasteiger partial charge in [0.25, 0.3) is 5.56 Å². The van der Waals surface area contributed by atoms with Crippen LogP contribution in [0.2, 0.25) is 0 Å². The van der Waals surface area contributed by atoms with Crippen LogP contribution in [0, 0.1) is 0 Å². The molecule has 108 valence electrons. The summed E-state index contributed by atoms with van der Waals surface area (Å²) in [6, 6.07) is 0. The van der Waals surface area contributed by atoms with Crippen molar-refractivity contribution in [3.63, 3.8) is 0 Å². The lowest BCUT2D eigenvalue weighted by atomic mass is 10.1. The van der Waals surface area contributed by atoms with Crippen molar-refractivity contribution >= 4 is 11.3 Å². The Bertz CT molecular complexity index is 701. The molecule has 0 spiro atoms. The molecule has 0 amide bonds. The number of aromatic amines is 1. The largest absolute Gasteiger partial charge is 0.494 e. The van der Waals surface area contributed by atoms with Crippen molar-refractivity contribution in [1.29, 1.82) is 0 Å². The van der Waals surface area contributed by atoms with Crippen LogP contribution in [0.4, 0.5) is 0 Å². The molecule has 20 heavy (non-hydrogen) atoms. The van der Waals surface area contributed by atoms with E-state index in [0.717, 1.165) is 5.01 Å². The van der Waals surface area contributed by atoms with Gasteiger partial charge >= 0.3 is 5.69 Å². The van der Waals surface area contributed by atoms with E-state index in [-0.39, 0.29) is 29.8 Å². The van der Waals surface area contributed by atoms with Crippen LogP contribution < -0.4 is 11.2 Å². The third kappa shape index (κ3) is 2.67. The van der Waals surface area contributed by atoms with E-state index in [1.54, 1.807) is 20.0 Å². The maximum Gasteiger partial charge on any atom is 0.331 e. The van der Waals surface area contributed by atoms with E-state index in [1.165, 1.54) is 15.9 Å². The van der Waals surface area contributed by atoms with Gasteiger partial charge in [-0.1, -0.05) is 20.8 Å². The lowest BCUT2D eigenvalue weighted by Crippen LogP contribution is -2.33. The topological polar surface area (TPSA) is 88.0 Å². The monoisotopic (exact) mass is 295 g/mol. The third-order valence-electron chi connectivity index (χ3n) is 3.11. The molecular weight excluding hydrogens is 278 g/mol. The first-order chi connectivity index (χ1) is 9.41. The first kappa shape index (κ1) is 14.5. The van der Waals surface area contributed by atoms with Crippen LogP contribution in [0.15, 0.2) is 21.2 Å². The maximum absolute atomic E-state index is 11.9. The second-order valence-corrected chi connectivity index (χ2v) is 5.96. The van der Waals surface area contributed by atoms with E-state index in [1.807, 2.05) is 12.3 Å². The molecule has 2 N–H and O–H groups in total. The van der Waals surface area contributed by atoms with Crippen molar-refractivity contribution < 1.29 is 5.11 Å². The van der Waals surface area contributed by atoms with Crippen LogP contribution in [0.1, 0.15) is 43.2 Å². The summed E-state index contributed by atoms with van der Waals surface area (Å²) in [7, 11) is 0. The van der Waals surface area contributed by atoms with Gasteiger partial charge in [-0.25, -0.2) is 9.78 Å². The molecule has 0 aromatic carbocycles. The zero-order valence-corrected chi connectivity index (χ0v) is 12.4. The minimum absolute atomic E-state index is 0.0236. The van der Waals surface area contributed by atoms with Gasteiger partial charge in [0.15, 0.2) is 0 Å². The average molecular weight is 295 g/mol. The van der Waals surface area contributed by atoms with Crippen LogP contribution in [0.25, 0.3) is 0 Å². The van der Waals surface area contributed by atoms with E-state index in [0.29, 0.717) is 0 Å². The normalized spacial score (nSPS) is 12.8. The van der Waals surface area contributed by atoms with Crippen molar-refractivity contribution in [3.8, 4) is 5.88 Å². The molecule has 1 atom stereocenters. The highest BCUT2D eigenvalue weighted by Crippen LogP contribution is 2.24. The summed E-state index contributed by atoms with van der Waals surface area (Å²) in [5.74, 6) is -0.442. The van der Waals surface area contributed by atoms with Gasteiger partial charge in [0.1, 0.15) is 0 Å². The Labute approximate surface area is 119 Å². The molecule has 1 unspecified atom stereocenters. The maximum atomic E-state index is 11.9. The van der Waals surface area contributed by atoms with E-state index in [9.17, 15) is 14.7 Å². The molecule has 2 rings (SSSR count). The molecule has 0 saturated heterocycles. The lowest BCUT2D eigenvalue weighted by Gasteiger charge is -2.15. The summed E-state index contributed by atoms with van der Waals surface area (Å²) in [4.78, 5) is 30.1. The Morgan fingerprint density at radius 1 is 1.40 bits per heavy atom. The second kappa shape index (κ2) is 5.62. The van der Waals surface area contributed by atoms with E-state index in [2.05, 4.69) is 9.97 Å². The lowest BCUT2D eigenvalue weighted by molar-refractivity contribution is 0.380. The van der Waals surface area contributed by atoms with Crippen molar-refractivity contribution in [2.75, 3.05) is 0 Å². The molecule has 0 fully saturated rings. The molecule has 0 aliphatic rings.